The van der Waals surface area contributed by atoms with Gasteiger partial charge in [0.1, 0.15) is 0 Å². The lowest BCUT2D eigenvalue weighted by atomic mass is 10.2. The number of guanidine groups is 1. The minimum absolute atomic E-state index is 0.0562. The molecule has 0 saturated carbocycles. The van der Waals surface area contributed by atoms with Crippen LogP contribution in [-0.2, 0) is 11.3 Å². The maximum Gasteiger partial charge on any atom is 0.250 e. The number of aromatic nitrogens is 1. The summed E-state index contributed by atoms with van der Waals surface area (Å²) in [6, 6.07) is 9.90. The van der Waals surface area contributed by atoms with Crippen LogP contribution in [0.2, 0.25) is 0 Å². The van der Waals surface area contributed by atoms with E-state index in [2.05, 4.69) is 38.0 Å². The van der Waals surface area contributed by atoms with Gasteiger partial charge in [0.25, 0.3) is 0 Å². The summed E-state index contributed by atoms with van der Waals surface area (Å²) in [5, 5.41) is 9.00. The molecule has 1 atom stereocenters. The largest absolute Gasteiger partial charge is 0.379 e. The van der Waals surface area contributed by atoms with Crippen molar-refractivity contribution in [2.75, 3.05) is 46.4 Å². The summed E-state index contributed by atoms with van der Waals surface area (Å²) < 4.78 is 7.26. The van der Waals surface area contributed by atoms with E-state index in [-0.39, 0.29) is 5.56 Å². The van der Waals surface area contributed by atoms with Crippen LogP contribution in [0.5, 0.6) is 0 Å². The van der Waals surface area contributed by atoms with Crippen LogP contribution in [0.4, 0.5) is 0 Å². The van der Waals surface area contributed by atoms with Gasteiger partial charge in [-0.1, -0.05) is 12.1 Å². The summed E-state index contributed by atoms with van der Waals surface area (Å²) in [4.78, 5) is 19.9. The van der Waals surface area contributed by atoms with E-state index < -0.39 is 0 Å². The number of morpholine rings is 1. The van der Waals surface area contributed by atoms with Crippen molar-refractivity contribution in [3.8, 4) is 0 Å². The molecule has 2 aromatic heterocycles. The van der Waals surface area contributed by atoms with Crippen LogP contribution in [-0.4, -0.2) is 61.9 Å². The van der Waals surface area contributed by atoms with Gasteiger partial charge in [0, 0.05) is 56.9 Å². The quantitative estimate of drug-likeness (QED) is 0.371. The van der Waals surface area contributed by atoms with Gasteiger partial charge in [-0.2, -0.15) is 0 Å². The number of ether oxygens (including phenoxy) is 1. The molecule has 0 aliphatic carbocycles. The van der Waals surface area contributed by atoms with E-state index in [9.17, 15) is 4.79 Å². The monoisotopic (exact) mass is 417 g/mol. The number of thiophene rings is 1. The molecule has 0 spiro atoms. The first kappa shape index (κ1) is 21.5. The molecule has 2 N–H and O–H groups in total. The molecule has 0 aromatic carbocycles. The lowest BCUT2D eigenvalue weighted by molar-refractivity contribution is 0.0177. The van der Waals surface area contributed by atoms with Crippen LogP contribution in [0, 0.1) is 0 Å². The molecule has 29 heavy (non-hydrogen) atoms. The van der Waals surface area contributed by atoms with Crippen LogP contribution >= 0.6 is 11.3 Å². The van der Waals surface area contributed by atoms with Crippen molar-refractivity contribution < 1.29 is 4.74 Å². The Bertz CT molecular complexity index is 799. The van der Waals surface area contributed by atoms with Gasteiger partial charge < -0.3 is 19.9 Å². The van der Waals surface area contributed by atoms with Crippen molar-refractivity contribution >= 4 is 17.3 Å². The van der Waals surface area contributed by atoms with Crippen molar-refractivity contribution in [3.63, 3.8) is 0 Å². The van der Waals surface area contributed by atoms with E-state index in [1.54, 1.807) is 35.1 Å². The standard InChI is InChI=1S/C21H31N5O2S/c1-22-21(23-9-3-5-11-26-10-4-2-8-20(26)27)24-17-18(19-7-6-16-29-19)25-12-14-28-15-13-25/h2,4,6-8,10,16,18H,3,5,9,11-15,17H2,1H3,(H2,22,23,24). The van der Waals surface area contributed by atoms with Crippen molar-refractivity contribution in [1.29, 1.82) is 0 Å². The zero-order valence-electron chi connectivity index (χ0n) is 17.0. The fourth-order valence-electron chi connectivity index (χ4n) is 3.45. The molecular weight excluding hydrogens is 386 g/mol. The normalized spacial score (nSPS) is 16.5. The van der Waals surface area contributed by atoms with Crippen LogP contribution in [0.1, 0.15) is 23.8 Å². The number of nitrogens with zero attached hydrogens (tertiary/aromatic N) is 3. The molecule has 1 unspecified atom stereocenters. The summed E-state index contributed by atoms with van der Waals surface area (Å²) >= 11 is 1.80. The number of nitrogens with one attached hydrogen (secondary N) is 2. The Kier molecular flexibility index (Phi) is 8.73. The predicted molar refractivity (Wildman–Crippen MR) is 119 cm³/mol. The van der Waals surface area contributed by atoms with E-state index in [1.165, 1.54) is 4.88 Å². The molecule has 7 nitrogen and oxygen atoms in total. The third kappa shape index (κ3) is 6.69. The van der Waals surface area contributed by atoms with Gasteiger partial charge in [-0.05, 0) is 30.4 Å². The molecule has 1 aliphatic rings. The minimum atomic E-state index is 0.0562. The van der Waals surface area contributed by atoms with Crippen LogP contribution < -0.4 is 16.2 Å². The number of hydrogen-bond donors (Lipinski definition) is 2. The molecule has 1 saturated heterocycles. The lowest BCUT2D eigenvalue weighted by Gasteiger charge is -2.34. The Labute approximate surface area is 176 Å². The molecule has 1 aliphatic heterocycles. The molecule has 3 rings (SSSR count). The van der Waals surface area contributed by atoms with Crippen molar-refractivity contribution in [2.45, 2.75) is 25.4 Å². The number of hydrogen-bond acceptors (Lipinski definition) is 5. The maximum atomic E-state index is 11.7. The smallest absolute Gasteiger partial charge is 0.250 e. The Morgan fingerprint density at radius 1 is 1.21 bits per heavy atom. The lowest BCUT2D eigenvalue weighted by Crippen LogP contribution is -2.46. The highest BCUT2D eigenvalue weighted by molar-refractivity contribution is 7.10. The molecule has 158 valence electrons. The van der Waals surface area contributed by atoms with E-state index in [1.807, 2.05) is 12.3 Å². The van der Waals surface area contributed by atoms with Crippen molar-refractivity contribution in [3.05, 3.63) is 57.1 Å². The van der Waals surface area contributed by atoms with Gasteiger partial charge in [-0.15, -0.1) is 11.3 Å². The second-order valence-electron chi connectivity index (χ2n) is 7.00. The second-order valence-corrected chi connectivity index (χ2v) is 7.98. The Morgan fingerprint density at radius 3 is 2.79 bits per heavy atom. The number of unbranched alkanes of at least 4 members (excludes halogenated alkanes) is 1. The van der Waals surface area contributed by atoms with Gasteiger partial charge in [-0.3, -0.25) is 14.7 Å². The highest BCUT2D eigenvalue weighted by Gasteiger charge is 2.23. The number of pyridine rings is 1. The number of aryl methyl sites for hydroxylation is 1. The Balaban J connectivity index is 1.42. The first-order chi connectivity index (χ1) is 14.3. The van der Waals surface area contributed by atoms with Crippen LogP contribution in [0.15, 0.2) is 51.7 Å². The fraction of sp³-hybridized carbons (Fsp3) is 0.524. The van der Waals surface area contributed by atoms with Gasteiger partial charge in [0.05, 0.1) is 19.3 Å². The molecule has 8 heteroatoms. The highest BCUT2D eigenvalue weighted by atomic mass is 32.1. The molecule has 0 radical (unpaired) electrons. The number of rotatable bonds is 9. The first-order valence-electron chi connectivity index (χ1n) is 10.2. The van der Waals surface area contributed by atoms with Crippen molar-refractivity contribution in [1.82, 2.24) is 20.1 Å². The van der Waals surface area contributed by atoms with Gasteiger partial charge >= 0.3 is 0 Å². The van der Waals surface area contributed by atoms with Crippen LogP contribution in [0.3, 0.4) is 0 Å². The molecule has 1 fully saturated rings. The van der Waals surface area contributed by atoms with E-state index >= 15 is 0 Å². The van der Waals surface area contributed by atoms with Gasteiger partial charge in [0.2, 0.25) is 5.56 Å². The Hall–Kier alpha value is -2.16. The third-order valence-corrected chi connectivity index (χ3v) is 6.04. The Morgan fingerprint density at radius 2 is 2.07 bits per heavy atom. The third-order valence-electron chi connectivity index (χ3n) is 5.06. The fourth-order valence-corrected chi connectivity index (χ4v) is 4.31. The second kappa shape index (κ2) is 11.7. The summed E-state index contributed by atoms with van der Waals surface area (Å²) in [5.41, 5.74) is 0.0562. The van der Waals surface area contributed by atoms with Crippen molar-refractivity contribution in [2.24, 2.45) is 4.99 Å². The van der Waals surface area contributed by atoms with Crippen LogP contribution in [0.25, 0.3) is 0 Å². The molecule has 3 heterocycles. The van der Waals surface area contributed by atoms with E-state index in [0.717, 1.165) is 64.7 Å². The summed E-state index contributed by atoms with van der Waals surface area (Å²) in [6.07, 6.45) is 3.76. The highest BCUT2D eigenvalue weighted by Crippen LogP contribution is 2.25. The van der Waals surface area contributed by atoms with E-state index in [0.29, 0.717) is 6.04 Å². The first-order valence-corrected chi connectivity index (χ1v) is 11.1. The average molecular weight is 418 g/mol. The molecule has 0 bridgehead atoms. The molecule has 2 aromatic rings. The summed E-state index contributed by atoms with van der Waals surface area (Å²) in [6.45, 7) is 5.86. The topological polar surface area (TPSA) is 70.9 Å². The van der Waals surface area contributed by atoms with E-state index in [4.69, 9.17) is 4.74 Å². The molecule has 0 amide bonds. The van der Waals surface area contributed by atoms with Gasteiger partial charge in [0.15, 0.2) is 5.96 Å². The SMILES string of the molecule is CN=C(NCCCCn1ccccc1=O)NCC(c1cccs1)N1CCOCC1. The summed E-state index contributed by atoms with van der Waals surface area (Å²) in [5.74, 6) is 0.816. The predicted octanol–water partition coefficient (Wildman–Crippen LogP) is 1.93. The summed E-state index contributed by atoms with van der Waals surface area (Å²) in [7, 11) is 1.80. The zero-order valence-corrected chi connectivity index (χ0v) is 17.9. The number of aliphatic imine (C=N–C) groups is 1. The molecular formula is C21H31N5O2S. The zero-order chi connectivity index (χ0) is 20.3. The maximum absolute atomic E-state index is 11.7. The van der Waals surface area contributed by atoms with Gasteiger partial charge in [-0.25, -0.2) is 0 Å². The minimum Gasteiger partial charge on any atom is -0.379 e. The average Bonchev–Trinajstić information content (AvgIpc) is 3.29.